The lowest BCUT2D eigenvalue weighted by Crippen LogP contribution is -2.45. The molecule has 0 aromatic rings. The maximum absolute atomic E-state index is 11.2. The summed E-state index contributed by atoms with van der Waals surface area (Å²) in [5.41, 5.74) is 5.31. The Morgan fingerprint density at radius 2 is 2.31 bits per heavy atom. The van der Waals surface area contributed by atoms with Crippen LogP contribution in [0.4, 0.5) is 4.79 Å². The second kappa shape index (κ2) is 5.69. The molecule has 6 nitrogen and oxygen atoms in total. The number of ether oxygens (including phenoxy) is 1. The van der Waals surface area contributed by atoms with Crippen LogP contribution in [0.5, 0.6) is 0 Å². The summed E-state index contributed by atoms with van der Waals surface area (Å²) in [6, 6.07) is -0.190. The molecular weight excluding hydrogens is 210 g/mol. The predicted octanol–water partition coefficient (Wildman–Crippen LogP) is -0.319. The molecule has 1 heterocycles. The van der Waals surface area contributed by atoms with Crippen LogP contribution in [0.3, 0.4) is 0 Å². The predicted molar refractivity (Wildman–Crippen MR) is 58.8 cm³/mol. The Morgan fingerprint density at radius 3 is 2.81 bits per heavy atom. The zero-order valence-electron chi connectivity index (χ0n) is 9.73. The Hall–Kier alpha value is -1.30. The Bertz CT molecular complexity index is 270. The number of primary amides is 1. The standard InChI is InChI=1S/C10H19N3O3/c1-3-8(9(11)14)13-5-4-7(6-13)12-10(15)16-2/h7-8H,3-6H2,1-2H3,(H2,11,14)(H,12,15). The van der Waals surface area contributed by atoms with Gasteiger partial charge in [0.05, 0.1) is 13.2 Å². The third-order valence-electron chi connectivity index (χ3n) is 2.88. The Balaban J connectivity index is 2.45. The van der Waals surface area contributed by atoms with E-state index < -0.39 is 6.09 Å². The van der Waals surface area contributed by atoms with Crippen LogP contribution in [0.25, 0.3) is 0 Å². The normalized spacial score (nSPS) is 22.8. The summed E-state index contributed by atoms with van der Waals surface area (Å²) >= 11 is 0. The van der Waals surface area contributed by atoms with Crippen LogP contribution in [-0.4, -0.2) is 49.2 Å². The number of likely N-dealkylation sites (tertiary alicyclic amines) is 1. The van der Waals surface area contributed by atoms with Gasteiger partial charge in [-0.2, -0.15) is 0 Å². The van der Waals surface area contributed by atoms with Crippen LogP contribution in [0.2, 0.25) is 0 Å². The fourth-order valence-corrected chi connectivity index (χ4v) is 2.05. The van der Waals surface area contributed by atoms with Gasteiger partial charge in [0.25, 0.3) is 0 Å². The second-order valence-electron chi connectivity index (χ2n) is 3.94. The van der Waals surface area contributed by atoms with Gasteiger partial charge in [0.2, 0.25) is 5.91 Å². The first kappa shape index (κ1) is 12.8. The summed E-state index contributed by atoms with van der Waals surface area (Å²) < 4.78 is 4.52. The van der Waals surface area contributed by atoms with E-state index in [2.05, 4.69) is 10.1 Å². The average molecular weight is 229 g/mol. The first-order valence-electron chi connectivity index (χ1n) is 5.46. The van der Waals surface area contributed by atoms with Gasteiger partial charge in [-0.15, -0.1) is 0 Å². The minimum atomic E-state index is -0.432. The van der Waals surface area contributed by atoms with Crippen LogP contribution >= 0.6 is 0 Å². The zero-order chi connectivity index (χ0) is 12.1. The number of carbonyl (C=O) groups is 2. The van der Waals surface area contributed by atoms with E-state index in [-0.39, 0.29) is 18.0 Å². The first-order chi connectivity index (χ1) is 7.58. The summed E-state index contributed by atoms with van der Waals surface area (Å²) in [5.74, 6) is -0.304. The molecule has 1 aliphatic rings. The summed E-state index contributed by atoms with van der Waals surface area (Å²) in [4.78, 5) is 24.2. The number of amides is 2. The Labute approximate surface area is 95.1 Å². The van der Waals surface area contributed by atoms with Crippen molar-refractivity contribution in [1.82, 2.24) is 10.2 Å². The molecule has 0 aliphatic carbocycles. The number of nitrogens with one attached hydrogen (secondary N) is 1. The molecule has 2 atom stereocenters. The minimum absolute atomic E-state index is 0.0425. The maximum Gasteiger partial charge on any atom is 0.407 e. The van der Waals surface area contributed by atoms with E-state index in [1.54, 1.807) is 0 Å². The van der Waals surface area contributed by atoms with Crippen molar-refractivity contribution in [3.05, 3.63) is 0 Å². The van der Waals surface area contributed by atoms with Gasteiger partial charge >= 0.3 is 6.09 Å². The van der Waals surface area contributed by atoms with E-state index >= 15 is 0 Å². The third kappa shape index (κ3) is 3.10. The molecule has 1 aliphatic heterocycles. The van der Waals surface area contributed by atoms with Gasteiger partial charge in [-0.1, -0.05) is 6.92 Å². The number of nitrogens with two attached hydrogens (primary N) is 1. The van der Waals surface area contributed by atoms with Crippen molar-refractivity contribution in [2.75, 3.05) is 20.2 Å². The number of rotatable bonds is 4. The van der Waals surface area contributed by atoms with Gasteiger partial charge in [0.1, 0.15) is 0 Å². The van der Waals surface area contributed by atoms with Gasteiger partial charge < -0.3 is 15.8 Å². The molecule has 1 fully saturated rings. The van der Waals surface area contributed by atoms with E-state index in [1.165, 1.54) is 7.11 Å². The highest BCUT2D eigenvalue weighted by Crippen LogP contribution is 2.14. The third-order valence-corrected chi connectivity index (χ3v) is 2.88. The molecule has 0 aromatic heterocycles. The first-order valence-corrected chi connectivity index (χ1v) is 5.46. The topological polar surface area (TPSA) is 84.7 Å². The lowest BCUT2D eigenvalue weighted by Gasteiger charge is -2.23. The van der Waals surface area contributed by atoms with Crippen molar-refractivity contribution in [1.29, 1.82) is 0 Å². The monoisotopic (exact) mass is 229 g/mol. The molecule has 16 heavy (non-hydrogen) atoms. The van der Waals surface area contributed by atoms with E-state index in [0.29, 0.717) is 13.0 Å². The highest BCUT2D eigenvalue weighted by molar-refractivity contribution is 5.79. The maximum atomic E-state index is 11.2. The lowest BCUT2D eigenvalue weighted by molar-refractivity contribution is -0.123. The van der Waals surface area contributed by atoms with Gasteiger partial charge in [-0.05, 0) is 12.8 Å². The number of hydrogen-bond donors (Lipinski definition) is 2. The quantitative estimate of drug-likeness (QED) is 0.692. The number of alkyl carbamates (subject to hydrolysis) is 1. The summed E-state index contributed by atoms with van der Waals surface area (Å²) in [7, 11) is 1.33. The van der Waals surface area contributed by atoms with Gasteiger partial charge in [-0.25, -0.2) is 4.79 Å². The van der Waals surface area contributed by atoms with Crippen molar-refractivity contribution in [3.63, 3.8) is 0 Å². The second-order valence-corrected chi connectivity index (χ2v) is 3.94. The highest BCUT2D eigenvalue weighted by atomic mass is 16.5. The molecule has 1 rings (SSSR count). The lowest BCUT2D eigenvalue weighted by atomic mass is 10.2. The Morgan fingerprint density at radius 1 is 1.62 bits per heavy atom. The molecule has 6 heteroatoms. The molecule has 0 aromatic carbocycles. The molecule has 92 valence electrons. The number of hydrogen-bond acceptors (Lipinski definition) is 4. The van der Waals surface area contributed by atoms with Crippen molar-refractivity contribution >= 4 is 12.0 Å². The van der Waals surface area contributed by atoms with Crippen LogP contribution < -0.4 is 11.1 Å². The molecule has 2 unspecified atom stereocenters. The van der Waals surface area contributed by atoms with Gasteiger partial charge in [0, 0.05) is 19.1 Å². The summed E-state index contributed by atoms with van der Waals surface area (Å²) in [6.07, 6.45) is 1.08. The zero-order valence-corrected chi connectivity index (χ0v) is 9.73. The average Bonchev–Trinajstić information content (AvgIpc) is 2.66. The molecule has 0 spiro atoms. The Kier molecular flexibility index (Phi) is 4.54. The smallest absolute Gasteiger partial charge is 0.407 e. The van der Waals surface area contributed by atoms with Gasteiger partial charge in [0.15, 0.2) is 0 Å². The van der Waals surface area contributed by atoms with Crippen LogP contribution in [0, 0.1) is 0 Å². The van der Waals surface area contributed by atoms with Crippen molar-refractivity contribution < 1.29 is 14.3 Å². The van der Waals surface area contributed by atoms with E-state index in [1.807, 2.05) is 11.8 Å². The fourth-order valence-electron chi connectivity index (χ4n) is 2.05. The van der Waals surface area contributed by atoms with Crippen LogP contribution in [-0.2, 0) is 9.53 Å². The van der Waals surface area contributed by atoms with E-state index in [0.717, 1.165) is 13.0 Å². The number of carbonyl (C=O) groups excluding carboxylic acids is 2. The molecule has 1 saturated heterocycles. The van der Waals surface area contributed by atoms with Crippen LogP contribution in [0.15, 0.2) is 0 Å². The highest BCUT2D eigenvalue weighted by Gasteiger charge is 2.30. The number of methoxy groups -OCH3 is 1. The summed E-state index contributed by atoms with van der Waals surface area (Å²) in [6.45, 7) is 3.35. The summed E-state index contributed by atoms with van der Waals surface area (Å²) in [5, 5.41) is 2.72. The minimum Gasteiger partial charge on any atom is -0.453 e. The largest absolute Gasteiger partial charge is 0.453 e. The van der Waals surface area contributed by atoms with Crippen molar-refractivity contribution in [2.45, 2.75) is 31.8 Å². The van der Waals surface area contributed by atoms with E-state index in [4.69, 9.17) is 5.73 Å². The molecule has 3 N–H and O–H groups in total. The fraction of sp³-hybridized carbons (Fsp3) is 0.800. The van der Waals surface area contributed by atoms with Gasteiger partial charge in [-0.3, -0.25) is 9.69 Å². The molecule has 2 amide bonds. The molecular formula is C10H19N3O3. The van der Waals surface area contributed by atoms with E-state index in [9.17, 15) is 9.59 Å². The van der Waals surface area contributed by atoms with Crippen molar-refractivity contribution in [2.24, 2.45) is 5.73 Å². The van der Waals surface area contributed by atoms with Crippen molar-refractivity contribution in [3.8, 4) is 0 Å². The number of nitrogens with zero attached hydrogens (tertiary/aromatic N) is 1. The SMILES string of the molecule is CCC(C(N)=O)N1CCC(NC(=O)OC)C1. The molecule has 0 saturated carbocycles. The molecule has 0 bridgehead atoms. The van der Waals surface area contributed by atoms with Crippen LogP contribution in [0.1, 0.15) is 19.8 Å². The molecule has 0 radical (unpaired) electrons.